The van der Waals surface area contributed by atoms with Crippen LogP contribution in [0.5, 0.6) is 0 Å². The fraction of sp³-hybridized carbons (Fsp3) is 0.500. The van der Waals surface area contributed by atoms with Crippen LogP contribution < -0.4 is 5.73 Å². The molecule has 1 amide bonds. The normalized spacial score (nSPS) is 12.2. The maximum absolute atomic E-state index is 12.1. The third-order valence-corrected chi connectivity index (χ3v) is 2.77. The van der Waals surface area contributed by atoms with Crippen LogP contribution >= 0.6 is 0 Å². The number of anilines is 1. The Hall–Kier alpha value is -1.58. The fourth-order valence-corrected chi connectivity index (χ4v) is 1.59. The van der Waals surface area contributed by atoms with Gasteiger partial charge in [-0.25, -0.2) is 0 Å². The van der Waals surface area contributed by atoms with Crippen molar-refractivity contribution in [2.45, 2.75) is 32.7 Å². The molecule has 1 aromatic heterocycles. The van der Waals surface area contributed by atoms with E-state index in [2.05, 4.69) is 11.9 Å². The van der Waals surface area contributed by atoms with E-state index in [-0.39, 0.29) is 11.9 Å². The van der Waals surface area contributed by atoms with Gasteiger partial charge in [0.25, 0.3) is 5.91 Å². The van der Waals surface area contributed by atoms with E-state index in [1.54, 1.807) is 24.2 Å². The van der Waals surface area contributed by atoms with Gasteiger partial charge in [-0.3, -0.25) is 9.78 Å². The summed E-state index contributed by atoms with van der Waals surface area (Å²) in [7, 11) is 1.80. The average Bonchev–Trinajstić information content (AvgIpc) is 2.28. The van der Waals surface area contributed by atoms with Crippen molar-refractivity contribution in [3.05, 3.63) is 24.0 Å². The van der Waals surface area contributed by atoms with Crippen molar-refractivity contribution in [1.29, 1.82) is 0 Å². The molecule has 0 aliphatic rings. The van der Waals surface area contributed by atoms with Gasteiger partial charge >= 0.3 is 0 Å². The summed E-state index contributed by atoms with van der Waals surface area (Å²) in [6.45, 7) is 4.14. The Balaban J connectivity index is 2.82. The highest BCUT2D eigenvalue weighted by Gasteiger charge is 2.18. The molecule has 0 fully saturated rings. The number of pyridine rings is 1. The number of nitrogens with two attached hydrogens (primary N) is 1. The van der Waals surface area contributed by atoms with E-state index < -0.39 is 0 Å². The maximum atomic E-state index is 12.1. The highest BCUT2D eigenvalue weighted by atomic mass is 16.2. The summed E-state index contributed by atoms with van der Waals surface area (Å²) in [4.78, 5) is 17.7. The predicted molar refractivity (Wildman–Crippen MR) is 65.1 cm³/mol. The molecule has 0 aliphatic heterocycles. The van der Waals surface area contributed by atoms with Crippen molar-refractivity contribution in [3.63, 3.8) is 0 Å². The van der Waals surface area contributed by atoms with Crippen molar-refractivity contribution in [1.82, 2.24) is 9.88 Å². The van der Waals surface area contributed by atoms with Crippen LogP contribution in [0.25, 0.3) is 0 Å². The summed E-state index contributed by atoms with van der Waals surface area (Å²) in [6, 6.07) is 1.86. The molecule has 2 N–H and O–H groups in total. The minimum atomic E-state index is -0.0634. The number of rotatable bonds is 4. The fourth-order valence-electron chi connectivity index (χ4n) is 1.59. The lowest BCUT2D eigenvalue weighted by Gasteiger charge is -2.25. The number of amides is 1. The zero-order valence-corrected chi connectivity index (χ0v) is 10.1. The van der Waals surface area contributed by atoms with E-state index in [1.807, 2.05) is 6.92 Å². The molecule has 1 rings (SSSR count). The Morgan fingerprint density at radius 2 is 2.31 bits per heavy atom. The first-order chi connectivity index (χ1) is 7.57. The lowest BCUT2D eigenvalue weighted by atomic mass is 10.1. The van der Waals surface area contributed by atoms with Crippen LogP contribution in [0.3, 0.4) is 0 Å². The molecule has 1 heterocycles. The first-order valence-electron chi connectivity index (χ1n) is 5.54. The quantitative estimate of drug-likeness (QED) is 0.845. The molecule has 0 saturated carbocycles. The van der Waals surface area contributed by atoms with Gasteiger partial charge in [0.2, 0.25) is 0 Å². The first-order valence-corrected chi connectivity index (χ1v) is 5.54. The van der Waals surface area contributed by atoms with Crippen LogP contribution in [-0.2, 0) is 0 Å². The molecule has 0 aliphatic carbocycles. The minimum Gasteiger partial charge on any atom is -0.398 e. The molecule has 0 radical (unpaired) electrons. The molecule has 88 valence electrons. The van der Waals surface area contributed by atoms with Gasteiger partial charge in [0, 0.05) is 31.2 Å². The number of aromatic nitrogens is 1. The smallest absolute Gasteiger partial charge is 0.257 e. The predicted octanol–water partition coefficient (Wildman–Crippen LogP) is 1.92. The van der Waals surface area contributed by atoms with Crippen LogP contribution in [0, 0.1) is 0 Å². The van der Waals surface area contributed by atoms with Crippen LogP contribution in [0.15, 0.2) is 18.5 Å². The highest BCUT2D eigenvalue weighted by Crippen LogP contribution is 2.14. The Kier molecular flexibility index (Phi) is 4.28. The standard InChI is InChI=1S/C12H19N3O/c1-4-5-9(2)15(3)12(16)10-8-14-7-6-11(10)13/h6-9H,4-5H2,1-3H3,(H2,13,14). The number of carbonyl (C=O) groups excluding carboxylic acids is 1. The average molecular weight is 221 g/mol. The SMILES string of the molecule is CCCC(C)N(C)C(=O)c1cnccc1N. The lowest BCUT2D eigenvalue weighted by molar-refractivity contribution is 0.0737. The molecule has 1 aromatic rings. The van der Waals surface area contributed by atoms with E-state index in [9.17, 15) is 4.79 Å². The molecule has 0 spiro atoms. The highest BCUT2D eigenvalue weighted by molar-refractivity contribution is 5.98. The molecule has 0 saturated heterocycles. The lowest BCUT2D eigenvalue weighted by Crippen LogP contribution is -2.35. The van der Waals surface area contributed by atoms with Crippen molar-refractivity contribution in [2.75, 3.05) is 12.8 Å². The Bertz CT molecular complexity index is 365. The van der Waals surface area contributed by atoms with E-state index >= 15 is 0 Å². The largest absolute Gasteiger partial charge is 0.398 e. The summed E-state index contributed by atoms with van der Waals surface area (Å²) in [5.41, 5.74) is 6.71. The molecular weight excluding hydrogens is 202 g/mol. The molecule has 1 atom stereocenters. The zero-order chi connectivity index (χ0) is 12.1. The van der Waals surface area contributed by atoms with Gasteiger partial charge in [-0.15, -0.1) is 0 Å². The van der Waals surface area contributed by atoms with Crippen molar-refractivity contribution in [3.8, 4) is 0 Å². The molecule has 4 nitrogen and oxygen atoms in total. The summed E-state index contributed by atoms with van der Waals surface area (Å²) >= 11 is 0. The topological polar surface area (TPSA) is 59.2 Å². The van der Waals surface area contributed by atoms with Crippen molar-refractivity contribution >= 4 is 11.6 Å². The summed E-state index contributed by atoms with van der Waals surface area (Å²) < 4.78 is 0. The molecule has 4 heteroatoms. The molecule has 1 unspecified atom stereocenters. The van der Waals surface area contributed by atoms with Gasteiger partial charge < -0.3 is 10.6 Å². The van der Waals surface area contributed by atoms with Gasteiger partial charge in [-0.2, -0.15) is 0 Å². The van der Waals surface area contributed by atoms with E-state index in [4.69, 9.17) is 5.73 Å². The zero-order valence-electron chi connectivity index (χ0n) is 10.1. The van der Waals surface area contributed by atoms with Crippen LogP contribution in [0.4, 0.5) is 5.69 Å². The van der Waals surface area contributed by atoms with Crippen LogP contribution in [-0.4, -0.2) is 28.9 Å². The third kappa shape index (κ3) is 2.72. The van der Waals surface area contributed by atoms with Crippen LogP contribution in [0.2, 0.25) is 0 Å². The molecule has 0 bridgehead atoms. The number of nitrogen functional groups attached to an aromatic ring is 1. The van der Waals surface area contributed by atoms with Gasteiger partial charge in [0.1, 0.15) is 0 Å². The second kappa shape index (κ2) is 5.49. The summed E-state index contributed by atoms with van der Waals surface area (Å²) in [5, 5.41) is 0. The van der Waals surface area contributed by atoms with E-state index in [0.717, 1.165) is 12.8 Å². The second-order valence-corrected chi connectivity index (χ2v) is 4.02. The van der Waals surface area contributed by atoms with Crippen molar-refractivity contribution < 1.29 is 4.79 Å². The number of hydrogen-bond acceptors (Lipinski definition) is 3. The Labute approximate surface area is 96.5 Å². The first kappa shape index (κ1) is 12.5. The maximum Gasteiger partial charge on any atom is 0.257 e. The Morgan fingerprint density at radius 1 is 1.62 bits per heavy atom. The van der Waals surface area contributed by atoms with Gasteiger partial charge in [0.15, 0.2) is 0 Å². The number of nitrogens with zero attached hydrogens (tertiary/aromatic N) is 2. The molecule has 0 aromatic carbocycles. The monoisotopic (exact) mass is 221 g/mol. The van der Waals surface area contributed by atoms with Gasteiger partial charge in [-0.1, -0.05) is 13.3 Å². The minimum absolute atomic E-state index is 0.0634. The molecule has 16 heavy (non-hydrogen) atoms. The van der Waals surface area contributed by atoms with E-state index in [0.29, 0.717) is 11.3 Å². The van der Waals surface area contributed by atoms with Crippen molar-refractivity contribution in [2.24, 2.45) is 0 Å². The van der Waals surface area contributed by atoms with Gasteiger partial charge in [0.05, 0.1) is 5.56 Å². The second-order valence-electron chi connectivity index (χ2n) is 4.02. The Morgan fingerprint density at radius 3 is 2.88 bits per heavy atom. The summed E-state index contributed by atoms with van der Waals surface area (Å²) in [5.74, 6) is -0.0634. The van der Waals surface area contributed by atoms with Crippen LogP contribution in [0.1, 0.15) is 37.0 Å². The molecular formula is C12H19N3O. The number of carbonyl (C=O) groups is 1. The van der Waals surface area contributed by atoms with Gasteiger partial charge in [-0.05, 0) is 19.4 Å². The van der Waals surface area contributed by atoms with E-state index in [1.165, 1.54) is 6.20 Å². The summed E-state index contributed by atoms with van der Waals surface area (Å²) in [6.07, 6.45) is 5.15. The third-order valence-electron chi connectivity index (χ3n) is 2.77. The number of hydrogen-bond donors (Lipinski definition) is 1.